The molecule has 1 aliphatic heterocycles. The third kappa shape index (κ3) is 4.24. The van der Waals surface area contributed by atoms with Crippen LogP contribution >= 0.6 is 0 Å². The van der Waals surface area contributed by atoms with Gasteiger partial charge in [-0.25, -0.2) is 0 Å². The van der Waals surface area contributed by atoms with E-state index < -0.39 is 17.6 Å². The molecule has 23 heavy (non-hydrogen) atoms. The predicted molar refractivity (Wildman–Crippen MR) is 78.2 cm³/mol. The maximum Gasteiger partial charge on any atom is 0.416 e. The lowest BCUT2D eigenvalue weighted by Crippen LogP contribution is -2.35. The largest absolute Gasteiger partial charge is 0.416 e. The smallest absolute Gasteiger partial charge is 0.369 e. The Morgan fingerprint density at radius 2 is 1.91 bits per heavy atom. The van der Waals surface area contributed by atoms with Crippen molar-refractivity contribution in [1.29, 1.82) is 0 Å². The standard InChI is InChI=1S/C16H19F3N2O2/c1-10(15(23)21-7-6-12(9-21)14(20)22)8-11-2-4-13(5-3-11)16(17,18)19/h2-5,10,12H,6-9H2,1H3,(H2,20,22). The number of nitrogens with two attached hydrogens (primary N) is 1. The number of benzene rings is 1. The fourth-order valence-corrected chi connectivity index (χ4v) is 2.78. The molecule has 2 unspecified atom stereocenters. The van der Waals surface area contributed by atoms with Crippen LogP contribution < -0.4 is 5.73 Å². The van der Waals surface area contributed by atoms with Crippen LogP contribution in [0.2, 0.25) is 0 Å². The van der Waals surface area contributed by atoms with Crippen molar-refractivity contribution in [2.45, 2.75) is 25.9 Å². The van der Waals surface area contributed by atoms with E-state index in [4.69, 9.17) is 5.73 Å². The highest BCUT2D eigenvalue weighted by Crippen LogP contribution is 2.29. The van der Waals surface area contributed by atoms with Gasteiger partial charge in [0.05, 0.1) is 11.5 Å². The normalized spacial score (nSPS) is 19.7. The minimum Gasteiger partial charge on any atom is -0.369 e. The third-order valence-electron chi connectivity index (χ3n) is 4.15. The van der Waals surface area contributed by atoms with Gasteiger partial charge in [-0.05, 0) is 30.5 Å². The SMILES string of the molecule is CC(Cc1ccc(C(F)(F)F)cc1)C(=O)N1CCC(C(N)=O)C1. The van der Waals surface area contributed by atoms with Crippen molar-refractivity contribution in [2.75, 3.05) is 13.1 Å². The summed E-state index contributed by atoms with van der Waals surface area (Å²) in [5.41, 5.74) is 5.21. The lowest BCUT2D eigenvalue weighted by atomic mass is 9.99. The molecule has 1 fully saturated rings. The van der Waals surface area contributed by atoms with Crippen LogP contribution in [0.15, 0.2) is 24.3 Å². The van der Waals surface area contributed by atoms with Crippen molar-refractivity contribution in [3.05, 3.63) is 35.4 Å². The summed E-state index contributed by atoms with van der Waals surface area (Å²) in [5, 5.41) is 0. The first-order valence-corrected chi connectivity index (χ1v) is 7.42. The highest BCUT2D eigenvalue weighted by Gasteiger charge is 2.32. The fraction of sp³-hybridized carbons (Fsp3) is 0.500. The minimum absolute atomic E-state index is 0.103. The highest BCUT2D eigenvalue weighted by atomic mass is 19.4. The van der Waals surface area contributed by atoms with Gasteiger partial charge >= 0.3 is 6.18 Å². The first-order valence-electron chi connectivity index (χ1n) is 7.42. The van der Waals surface area contributed by atoms with E-state index in [0.717, 1.165) is 12.1 Å². The van der Waals surface area contributed by atoms with E-state index >= 15 is 0 Å². The lowest BCUT2D eigenvalue weighted by Gasteiger charge is -2.21. The lowest BCUT2D eigenvalue weighted by molar-refractivity contribution is -0.138. The topological polar surface area (TPSA) is 63.4 Å². The Hall–Kier alpha value is -2.05. The summed E-state index contributed by atoms with van der Waals surface area (Å²) in [6, 6.07) is 4.82. The van der Waals surface area contributed by atoms with Crippen LogP contribution in [0.3, 0.4) is 0 Å². The average molecular weight is 328 g/mol. The molecule has 2 rings (SSSR count). The van der Waals surface area contributed by atoms with E-state index in [1.165, 1.54) is 12.1 Å². The molecule has 1 aromatic carbocycles. The van der Waals surface area contributed by atoms with E-state index in [0.29, 0.717) is 31.5 Å². The Kier molecular flexibility index (Phi) is 4.97. The number of carbonyl (C=O) groups excluding carboxylic acids is 2. The molecule has 2 N–H and O–H groups in total. The molecule has 0 bridgehead atoms. The molecule has 1 aliphatic rings. The van der Waals surface area contributed by atoms with Crippen LogP contribution in [0.5, 0.6) is 0 Å². The van der Waals surface area contributed by atoms with Crippen molar-refractivity contribution < 1.29 is 22.8 Å². The molecular formula is C16H19F3N2O2. The predicted octanol–water partition coefficient (Wildman–Crippen LogP) is 2.22. The van der Waals surface area contributed by atoms with Crippen LogP contribution in [0.1, 0.15) is 24.5 Å². The first kappa shape index (κ1) is 17.3. The van der Waals surface area contributed by atoms with Gasteiger partial charge in [-0.1, -0.05) is 19.1 Å². The number of rotatable bonds is 4. The summed E-state index contributed by atoms with van der Waals surface area (Å²) < 4.78 is 37.6. The van der Waals surface area contributed by atoms with Gasteiger partial charge in [0.25, 0.3) is 0 Å². The Labute approximate surface area is 132 Å². The number of nitrogens with zero attached hydrogens (tertiary/aromatic N) is 1. The monoisotopic (exact) mass is 328 g/mol. The molecule has 1 saturated heterocycles. The molecular weight excluding hydrogens is 309 g/mol. The van der Waals surface area contributed by atoms with Gasteiger partial charge < -0.3 is 10.6 Å². The number of hydrogen-bond donors (Lipinski definition) is 1. The number of primary amides is 1. The van der Waals surface area contributed by atoms with E-state index in [2.05, 4.69) is 0 Å². The number of amides is 2. The Morgan fingerprint density at radius 3 is 2.39 bits per heavy atom. The molecule has 0 aromatic heterocycles. The first-order chi connectivity index (χ1) is 10.7. The van der Waals surface area contributed by atoms with Gasteiger partial charge in [0.15, 0.2) is 0 Å². The number of likely N-dealkylation sites (tertiary alicyclic amines) is 1. The van der Waals surface area contributed by atoms with Crippen molar-refractivity contribution in [1.82, 2.24) is 4.90 Å². The van der Waals surface area contributed by atoms with E-state index in [9.17, 15) is 22.8 Å². The van der Waals surface area contributed by atoms with Gasteiger partial charge in [-0.15, -0.1) is 0 Å². The zero-order valence-corrected chi connectivity index (χ0v) is 12.8. The Balaban J connectivity index is 1.95. The zero-order chi connectivity index (χ0) is 17.2. The van der Waals surface area contributed by atoms with E-state index in [1.54, 1.807) is 11.8 Å². The van der Waals surface area contributed by atoms with E-state index in [-0.39, 0.29) is 17.7 Å². The zero-order valence-electron chi connectivity index (χ0n) is 12.8. The molecule has 0 radical (unpaired) electrons. The summed E-state index contributed by atoms with van der Waals surface area (Å²) >= 11 is 0. The second kappa shape index (κ2) is 6.60. The summed E-state index contributed by atoms with van der Waals surface area (Å²) in [7, 11) is 0. The average Bonchev–Trinajstić information content (AvgIpc) is 2.96. The Morgan fingerprint density at radius 1 is 1.30 bits per heavy atom. The highest BCUT2D eigenvalue weighted by molar-refractivity contribution is 5.82. The molecule has 4 nitrogen and oxygen atoms in total. The quantitative estimate of drug-likeness (QED) is 0.921. The van der Waals surface area contributed by atoms with Gasteiger partial charge in [0.1, 0.15) is 0 Å². The summed E-state index contributed by atoms with van der Waals surface area (Å²) in [6.45, 7) is 2.55. The van der Waals surface area contributed by atoms with Crippen molar-refractivity contribution >= 4 is 11.8 Å². The molecule has 2 amide bonds. The maximum atomic E-state index is 12.5. The molecule has 0 aliphatic carbocycles. The summed E-state index contributed by atoms with van der Waals surface area (Å²) in [4.78, 5) is 25.1. The van der Waals surface area contributed by atoms with Crippen molar-refractivity contribution in [3.8, 4) is 0 Å². The minimum atomic E-state index is -4.36. The van der Waals surface area contributed by atoms with Crippen LogP contribution in [-0.2, 0) is 22.2 Å². The van der Waals surface area contributed by atoms with Crippen LogP contribution in [0, 0.1) is 11.8 Å². The molecule has 7 heteroatoms. The number of hydrogen-bond acceptors (Lipinski definition) is 2. The molecule has 126 valence electrons. The fourth-order valence-electron chi connectivity index (χ4n) is 2.78. The number of carbonyl (C=O) groups is 2. The van der Waals surface area contributed by atoms with Crippen molar-refractivity contribution in [3.63, 3.8) is 0 Å². The van der Waals surface area contributed by atoms with Crippen LogP contribution in [0.25, 0.3) is 0 Å². The van der Waals surface area contributed by atoms with Gasteiger partial charge in [-0.2, -0.15) is 13.2 Å². The summed E-state index contributed by atoms with van der Waals surface area (Å²) in [5.74, 6) is -1.18. The number of alkyl halides is 3. The van der Waals surface area contributed by atoms with Crippen LogP contribution in [-0.4, -0.2) is 29.8 Å². The molecule has 1 aromatic rings. The summed E-state index contributed by atoms with van der Waals surface area (Å²) in [6.07, 6.45) is -3.44. The number of halogens is 3. The van der Waals surface area contributed by atoms with Gasteiger partial charge in [0, 0.05) is 19.0 Å². The molecule has 0 spiro atoms. The second-order valence-corrected chi connectivity index (χ2v) is 5.97. The second-order valence-electron chi connectivity index (χ2n) is 5.97. The van der Waals surface area contributed by atoms with E-state index in [1.807, 2.05) is 0 Å². The maximum absolute atomic E-state index is 12.5. The van der Waals surface area contributed by atoms with Gasteiger partial charge in [-0.3, -0.25) is 9.59 Å². The molecule has 1 heterocycles. The molecule has 2 atom stereocenters. The van der Waals surface area contributed by atoms with Gasteiger partial charge in [0.2, 0.25) is 11.8 Å². The Bertz CT molecular complexity index is 584. The third-order valence-corrected chi connectivity index (χ3v) is 4.15. The van der Waals surface area contributed by atoms with Crippen molar-refractivity contribution in [2.24, 2.45) is 17.6 Å². The van der Waals surface area contributed by atoms with Crippen LogP contribution in [0.4, 0.5) is 13.2 Å². The molecule has 0 saturated carbocycles.